The maximum atomic E-state index is 13.9. The minimum atomic E-state index is -0.750. The number of nitrogens with zero attached hydrogens (tertiary/aromatic N) is 2. The molecule has 2 amide bonds. The Hall–Kier alpha value is -1.81. The van der Waals surface area contributed by atoms with Gasteiger partial charge in [-0.25, -0.2) is 4.79 Å². The summed E-state index contributed by atoms with van der Waals surface area (Å²) < 4.78 is 5.51. The van der Waals surface area contributed by atoms with Crippen molar-refractivity contribution in [1.29, 1.82) is 5.26 Å². The van der Waals surface area contributed by atoms with Crippen molar-refractivity contribution in [2.45, 2.75) is 101 Å². The van der Waals surface area contributed by atoms with Gasteiger partial charge in [-0.1, -0.05) is 0 Å². The molecule has 6 fully saturated rings. The molecule has 6 atom stereocenters. The second kappa shape index (κ2) is 6.35. The Bertz CT molecular complexity index is 798. The van der Waals surface area contributed by atoms with Gasteiger partial charge in [-0.15, -0.1) is 0 Å². The van der Waals surface area contributed by atoms with Gasteiger partial charge in [0.25, 0.3) is 0 Å². The monoisotopic (exact) mass is 415 g/mol. The first-order valence-electron chi connectivity index (χ1n) is 11.4. The van der Waals surface area contributed by atoms with E-state index in [1.165, 1.54) is 0 Å². The van der Waals surface area contributed by atoms with Crippen LogP contribution in [0.1, 0.15) is 72.1 Å². The van der Waals surface area contributed by atoms with Crippen LogP contribution < -0.4 is 5.32 Å². The minimum Gasteiger partial charge on any atom is -0.444 e. The van der Waals surface area contributed by atoms with Gasteiger partial charge < -0.3 is 20.1 Å². The summed E-state index contributed by atoms with van der Waals surface area (Å²) in [7, 11) is 0. The number of likely N-dealkylation sites (tertiary alicyclic amines) is 1. The number of nitriles is 1. The van der Waals surface area contributed by atoms with Gasteiger partial charge >= 0.3 is 6.09 Å². The molecular weight excluding hydrogens is 382 g/mol. The fourth-order valence-corrected chi connectivity index (χ4v) is 7.56. The van der Waals surface area contributed by atoms with Crippen LogP contribution >= 0.6 is 0 Å². The average Bonchev–Trinajstić information content (AvgIpc) is 3.25. The van der Waals surface area contributed by atoms with E-state index >= 15 is 0 Å². The Morgan fingerprint density at radius 3 is 2.40 bits per heavy atom. The highest BCUT2D eigenvalue weighted by Crippen LogP contribution is 2.63. The smallest absolute Gasteiger partial charge is 0.408 e. The van der Waals surface area contributed by atoms with Gasteiger partial charge in [0.1, 0.15) is 17.7 Å². The van der Waals surface area contributed by atoms with Crippen LogP contribution in [0.3, 0.4) is 0 Å². The minimum absolute atomic E-state index is 0.127. The fourth-order valence-electron chi connectivity index (χ4n) is 7.56. The lowest BCUT2D eigenvalue weighted by Crippen LogP contribution is -2.66. The molecule has 7 heteroatoms. The lowest BCUT2D eigenvalue weighted by atomic mass is 9.46. The predicted octanol–water partition coefficient (Wildman–Crippen LogP) is 2.72. The summed E-state index contributed by atoms with van der Waals surface area (Å²) in [4.78, 5) is 28.4. The third-order valence-electron chi connectivity index (χ3n) is 8.10. The maximum absolute atomic E-state index is 13.9. The number of piperidine rings is 1. The lowest BCUT2D eigenvalue weighted by molar-refractivity contribution is -0.180. The van der Waals surface area contributed by atoms with Crippen LogP contribution in [0.15, 0.2) is 0 Å². The molecule has 5 saturated carbocycles. The highest BCUT2D eigenvalue weighted by molar-refractivity contribution is 5.88. The van der Waals surface area contributed by atoms with Crippen molar-refractivity contribution in [3.8, 4) is 6.07 Å². The molecule has 164 valence electrons. The van der Waals surface area contributed by atoms with Crippen LogP contribution in [-0.4, -0.2) is 51.3 Å². The Kier molecular flexibility index (Phi) is 4.26. The quantitative estimate of drug-likeness (QED) is 0.738. The predicted molar refractivity (Wildman–Crippen MR) is 108 cm³/mol. The van der Waals surface area contributed by atoms with Crippen molar-refractivity contribution in [3.63, 3.8) is 0 Å². The molecule has 0 aromatic carbocycles. The molecule has 30 heavy (non-hydrogen) atoms. The second-order valence-electron chi connectivity index (χ2n) is 11.8. The lowest BCUT2D eigenvalue weighted by Gasteiger charge is -2.62. The number of hydrogen-bond acceptors (Lipinski definition) is 5. The van der Waals surface area contributed by atoms with Crippen molar-refractivity contribution in [2.75, 3.05) is 0 Å². The highest BCUT2D eigenvalue weighted by Gasteiger charge is 2.64. The summed E-state index contributed by atoms with van der Waals surface area (Å²) in [5, 5.41) is 23.8. The third-order valence-corrected chi connectivity index (χ3v) is 8.10. The molecule has 2 N–H and O–H groups in total. The van der Waals surface area contributed by atoms with Gasteiger partial charge in [-0.3, -0.25) is 4.79 Å². The standard InChI is InChI=1S/C23H33N3O4/c1-21(2,3)30-20(28)25-18(19(27)26-16(11-24)5-15-6-17(15)26)22-7-13-4-14(8-22)10-23(29,9-13)12-22/h13-18,29H,4-10,12H2,1-3H3,(H,25,28)/t13?,14?,15-,16+,17+,18-,22?,23?/m1/s1. The zero-order valence-electron chi connectivity index (χ0n) is 18.2. The molecule has 7 nitrogen and oxygen atoms in total. The second-order valence-corrected chi connectivity index (χ2v) is 11.8. The van der Waals surface area contributed by atoms with Gasteiger partial charge in [0.2, 0.25) is 5.91 Å². The van der Waals surface area contributed by atoms with Crippen LogP contribution in [-0.2, 0) is 9.53 Å². The van der Waals surface area contributed by atoms with Crippen LogP contribution in [0.5, 0.6) is 0 Å². The average molecular weight is 416 g/mol. The number of rotatable bonds is 3. The van der Waals surface area contributed by atoms with E-state index in [9.17, 15) is 20.0 Å². The van der Waals surface area contributed by atoms with E-state index in [0.29, 0.717) is 24.2 Å². The van der Waals surface area contributed by atoms with Gasteiger partial charge in [0.15, 0.2) is 0 Å². The SMILES string of the molecule is CC(C)(C)OC(=O)N[C@H](C(=O)N1[C@H](C#N)C[C@@H]2C[C@@H]21)C12CC3CC(CC(O)(C3)C1)C2. The summed E-state index contributed by atoms with van der Waals surface area (Å²) in [5.74, 6) is 1.06. The summed E-state index contributed by atoms with van der Waals surface area (Å²) in [5.41, 5.74) is -1.86. The molecule has 5 aliphatic carbocycles. The zero-order chi connectivity index (χ0) is 21.5. The molecule has 6 aliphatic rings. The van der Waals surface area contributed by atoms with Crippen LogP contribution in [0.25, 0.3) is 0 Å². The molecule has 4 bridgehead atoms. The largest absolute Gasteiger partial charge is 0.444 e. The Labute approximate surface area is 178 Å². The Balaban J connectivity index is 1.47. The van der Waals surface area contributed by atoms with Crippen LogP contribution in [0.2, 0.25) is 0 Å². The third kappa shape index (κ3) is 3.28. The van der Waals surface area contributed by atoms with E-state index in [1.807, 2.05) is 0 Å². The van der Waals surface area contributed by atoms with E-state index in [2.05, 4.69) is 11.4 Å². The van der Waals surface area contributed by atoms with Gasteiger partial charge in [-0.2, -0.15) is 5.26 Å². The normalized spacial score (nSPS) is 44.2. The summed E-state index contributed by atoms with van der Waals surface area (Å²) in [6, 6.07) is 1.26. The topological polar surface area (TPSA) is 103 Å². The first-order valence-corrected chi connectivity index (χ1v) is 11.4. The summed E-state index contributed by atoms with van der Waals surface area (Å²) >= 11 is 0. The number of ether oxygens (including phenoxy) is 1. The van der Waals surface area contributed by atoms with E-state index in [4.69, 9.17) is 4.74 Å². The van der Waals surface area contributed by atoms with Crippen LogP contribution in [0.4, 0.5) is 4.79 Å². The fraction of sp³-hybridized carbons (Fsp3) is 0.870. The van der Waals surface area contributed by atoms with Crippen molar-refractivity contribution in [2.24, 2.45) is 23.2 Å². The number of carbonyl (C=O) groups excluding carboxylic acids is 2. The Morgan fingerprint density at radius 2 is 1.83 bits per heavy atom. The summed E-state index contributed by atoms with van der Waals surface area (Å²) in [6.07, 6.45) is 6.02. The number of carbonyl (C=O) groups is 2. The molecule has 0 spiro atoms. The number of nitrogens with one attached hydrogen (secondary N) is 1. The number of fused-ring (bicyclic) bond motifs is 1. The zero-order valence-corrected chi connectivity index (χ0v) is 18.2. The molecular formula is C23H33N3O4. The molecule has 1 aliphatic heterocycles. The highest BCUT2D eigenvalue weighted by atomic mass is 16.6. The molecule has 1 saturated heterocycles. The number of alkyl carbamates (subject to hydrolysis) is 1. The van der Waals surface area contributed by atoms with E-state index in [-0.39, 0.29) is 11.9 Å². The van der Waals surface area contributed by atoms with Gasteiger partial charge in [0, 0.05) is 11.5 Å². The van der Waals surface area contributed by atoms with Crippen molar-refractivity contribution in [3.05, 3.63) is 0 Å². The maximum Gasteiger partial charge on any atom is 0.408 e. The molecule has 0 aromatic heterocycles. The Morgan fingerprint density at radius 1 is 1.17 bits per heavy atom. The summed E-state index contributed by atoms with van der Waals surface area (Å²) in [6.45, 7) is 5.41. The van der Waals surface area contributed by atoms with E-state index in [0.717, 1.165) is 44.9 Å². The van der Waals surface area contributed by atoms with Crippen molar-refractivity contribution >= 4 is 12.0 Å². The number of amides is 2. The van der Waals surface area contributed by atoms with Gasteiger partial charge in [0.05, 0.1) is 11.7 Å². The van der Waals surface area contributed by atoms with Crippen molar-refractivity contribution < 1.29 is 19.4 Å². The molecule has 2 unspecified atom stereocenters. The van der Waals surface area contributed by atoms with Gasteiger partial charge in [-0.05, 0) is 89.9 Å². The first-order chi connectivity index (χ1) is 14.0. The van der Waals surface area contributed by atoms with Crippen LogP contribution in [0, 0.1) is 34.5 Å². The molecule has 1 heterocycles. The first kappa shape index (κ1) is 20.1. The number of hydrogen-bond donors (Lipinski definition) is 2. The van der Waals surface area contributed by atoms with Crippen molar-refractivity contribution in [1.82, 2.24) is 10.2 Å². The van der Waals surface area contributed by atoms with E-state index in [1.54, 1.807) is 25.7 Å². The molecule has 0 aromatic rings. The molecule has 0 radical (unpaired) electrons. The number of aliphatic hydroxyl groups is 1. The van der Waals surface area contributed by atoms with E-state index < -0.39 is 34.8 Å². The molecule has 6 rings (SSSR count).